The molecule has 7 heteroatoms. The van der Waals surface area contributed by atoms with Crippen LogP contribution in [0.2, 0.25) is 0 Å². The smallest absolute Gasteiger partial charge is 0.296 e. The van der Waals surface area contributed by atoms with Crippen molar-refractivity contribution in [2.24, 2.45) is 4.99 Å². The monoisotopic (exact) mass is 385 g/mol. The Hall–Kier alpha value is -2.18. The van der Waals surface area contributed by atoms with E-state index in [0.29, 0.717) is 30.4 Å². The van der Waals surface area contributed by atoms with Crippen molar-refractivity contribution >= 4 is 11.8 Å². The van der Waals surface area contributed by atoms with Gasteiger partial charge in [-0.15, -0.1) is 0 Å². The number of nitrogens with zero attached hydrogens (tertiary/aromatic N) is 3. The van der Waals surface area contributed by atoms with Crippen LogP contribution in [0.1, 0.15) is 64.3 Å². The standard InChI is InChI=1S/C20H27F4N3/c1-6-9-17(14(2)12-25-5)18-13-26-27(19(18)20(22,23)24)16(4)11-8-7-10-15(3)21/h7-8,10,12-13,16H,6,9,11H2,1-5H3/b8-7-,15-10+,17-14+,25-12-. The molecule has 1 unspecified atom stereocenters. The summed E-state index contributed by atoms with van der Waals surface area (Å²) in [7, 11) is 1.59. The molecule has 0 spiro atoms. The van der Waals surface area contributed by atoms with Crippen LogP contribution >= 0.6 is 0 Å². The molecule has 0 saturated heterocycles. The molecule has 1 rings (SSSR count). The number of hydrogen-bond acceptors (Lipinski definition) is 2. The van der Waals surface area contributed by atoms with E-state index >= 15 is 0 Å². The summed E-state index contributed by atoms with van der Waals surface area (Å²) in [5, 5.41) is 4.04. The minimum absolute atomic E-state index is 0.0945. The number of halogens is 4. The van der Waals surface area contributed by atoms with E-state index in [1.54, 1.807) is 33.2 Å². The molecule has 0 aliphatic carbocycles. The van der Waals surface area contributed by atoms with E-state index in [-0.39, 0.29) is 11.4 Å². The van der Waals surface area contributed by atoms with Crippen LogP contribution in [0.4, 0.5) is 17.6 Å². The highest BCUT2D eigenvalue weighted by molar-refractivity contribution is 5.90. The second-order valence-corrected chi connectivity index (χ2v) is 6.41. The number of aliphatic imine (C=N–C) groups is 1. The summed E-state index contributed by atoms with van der Waals surface area (Å²) in [4.78, 5) is 3.93. The van der Waals surface area contributed by atoms with Gasteiger partial charge in [0.05, 0.1) is 18.1 Å². The molecule has 150 valence electrons. The highest BCUT2D eigenvalue weighted by atomic mass is 19.4. The zero-order chi connectivity index (χ0) is 20.6. The highest BCUT2D eigenvalue weighted by Gasteiger charge is 2.39. The molecular weight excluding hydrogens is 358 g/mol. The van der Waals surface area contributed by atoms with Gasteiger partial charge >= 0.3 is 6.18 Å². The fraction of sp³-hybridized carbons (Fsp3) is 0.500. The number of rotatable bonds is 8. The number of aromatic nitrogens is 2. The molecule has 1 atom stereocenters. The van der Waals surface area contributed by atoms with Crippen molar-refractivity contribution < 1.29 is 17.6 Å². The van der Waals surface area contributed by atoms with Crippen LogP contribution in [0.15, 0.2) is 40.8 Å². The maximum Gasteiger partial charge on any atom is 0.433 e. The SMILES string of the molecule is CCC/C(=C(C)\C=N/C)c1cnn(C(C)C/C=C\C=C(/C)F)c1C(F)(F)F. The third-order valence-electron chi connectivity index (χ3n) is 4.04. The van der Waals surface area contributed by atoms with Gasteiger partial charge in [0.2, 0.25) is 0 Å². The maximum absolute atomic E-state index is 13.9. The predicted octanol–water partition coefficient (Wildman–Crippen LogP) is 6.56. The zero-order valence-corrected chi connectivity index (χ0v) is 16.4. The van der Waals surface area contributed by atoms with Crippen molar-refractivity contribution in [3.8, 4) is 0 Å². The van der Waals surface area contributed by atoms with Crippen molar-refractivity contribution in [2.75, 3.05) is 7.05 Å². The Kier molecular flexibility index (Phi) is 8.66. The first-order valence-electron chi connectivity index (χ1n) is 8.89. The normalized spacial score (nSPS) is 15.7. The lowest BCUT2D eigenvalue weighted by Crippen LogP contribution is -2.19. The zero-order valence-electron chi connectivity index (χ0n) is 16.4. The van der Waals surface area contributed by atoms with E-state index in [0.717, 1.165) is 4.68 Å². The van der Waals surface area contributed by atoms with Crippen molar-refractivity contribution in [3.63, 3.8) is 0 Å². The van der Waals surface area contributed by atoms with Crippen LogP contribution in [0.5, 0.6) is 0 Å². The summed E-state index contributed by atoms with van der Waals surface area (Å²) in [5.74, 6) is -0.362. The number of alkyl halides is 3. The largest absolute Gasteiger partial charge is 0.433 e. The van der Waals surface area contributed by atoms with Crippen LogP contribution in [-0.2, 0) is 6.18 Å². The molecule has 0 N–H and O–H groups in total. The molecule has 1 aromatic rings. The molecule has 0 fully saturated rings. The minimum atomic E-state index is -4.54. The molecule has 0 aliphatic heterocycles. The van der Waals surface area contributed by atoms with Crippen LogP contribution in [0.25, 0.3) is 5.57 Å². The van der Waals surface area contributed by atoms with Crippen molar-refractivity contribution in [1.29, 1.82) is 0 Å². The lowest BCUT2D eigenvalue weighted by molar-refractivity contribution is -0.145. The average Bonchev–Trinajstić information content (AvgIpc) is 3.01. The lowest BCUT2D eigenvalue weighted by atomic mass is 9.96. The molecule has 0 saturated carbocycles. The topological polar surface area (TPSA) is 30.2 Å². The average molecular weight is 385 g/mol. The Labute approximate surface area is 158 Å². The fourth-order valence-electron chi connectivity index (χ4n) is 2.84. The molecule has 3 nitrogen and oxygen atoms in total. The summed E-state index contributed by atoms with van der Waals surface area (Å²) >= 11 is 0. The van der Waals surface area contributed by atoms with Crippen LogP contribution < -0.4 is 0 Å². The van der Waals surface area contributed by atoms with Gasteiger partial charge in [0.15, 0.2) is 0 Å². The Morgan fingerprint density at radius 2 is 2.00 bits per heavy atom. The molecule has 1 aromatic heterocycles. The van der Waals surface area contributed by atoms with E-state index in [1.165, 1.54) is 25.3 Å². The first-order valence-corrected chi connectivity index (χ1v) is 8.89. The second-order valence-electron chi connectivity index (χ2n) is 6.41. The van der Waals surface area contributed by atoms with Gasteiger partial charge in [0, 0.05) is 18.8 Å². The highest BCUT2D eigenvalue weighted by Crippen LogP contribution is 2.38. The molecule has 0 bridgehead atoms. The van der Waals surface area contributed by atoms with Crippen LogP contribution in [-0.4, -0.2) is 23.0 Å². The van der Waals surface area contributed by atoms with Gasteiger partial charge in [-0.1, -0.05) is 25.5 Å². The molecule has 0 radical (unpaired) electrons. The molecule has 0 aliphatic rings. The van der Waals surface area contributed by atoms with Gasteiger partial charge in [0.1, 0.15) is 5.69 Å². The van der Waals surface area contributed by atoms with Gasteiger partial charge in [-0.3, -0.25) is 9.67 Å². The second kappa shape index (κ2) is 10.2. The van der Waals surface area contributed by atoms with Crippen molar-refractivity contribution in [3.05, 3.63) is 47.1 Å². The molecule has 0 amide bonds. The third-order valence-corrected chi connectivity index (χ3v) is 4.04. The maximum atomic E-state index is 13.9. The summed E-state index contributed by atoms with van der Waals surface area (Å²) in [5.41, 5.74) is 0.630. The summed E-state index contributed by atoms with van der Waals surface area (Å²) < 4.78 is 55.3. The predicted molar refractivity (Wildman–Crippen MR) is 102 cm³/mol. The summed E-state index contributed by atoms with van der Waals surface area (Å²) in [6.45, 7) is 6.64. The van der Waals surface area contributed by atoms with E-state index in [9.17, 15) is 17.6 Å². The lowest BCUT2D eigenvalue weighted by Gasteiger charge is -2.18. The number of allylic oxidation sites excluding steroid dienone is 6. The van der Waals surface area contributed by atoms with Crippen molar-refractivity contribution in [2.45, 2.75) is 59.2 Å². The Balaban J connectivity index is 3.40. The Bertz CT molecular complexity index is 733. The third kappa shape index (κ3) is 6.48. The molecule has 1 heterocycles. The van der Waals surface area contributed by atoms with Gasteiger partial charge in [-0.05, 0) is 50.8 Å². The van der Waals surface area contributed by atoms with Gasteiger partial charge in [0.25, 0.3) is 0 Å². The first-order chi connectivity index (χ1) is 12.6. The fourth-order valence-corrected chi connectivity index (χ4v) is 2.84. The van der Waals surface area contributed by atoms with Crippen LogP contribution in [0, 0.1) is 0 Å². The summed E-state index contributed by atoms with van der Waals surface area (Å²) in [6.07, 6.45) is 4.22. The minimum Gasteiger partial charge on any atom is -0.296 e. The van der Waals surface area contributed by atoms with Gasteiger partial charge < -0.3 is 0 Å². The van der Waals surface area contributed by atoms with Crippen molar-refractivity contribution in [1.82, 2.24) is 9.78 Å². The quantitative estimate of drug-likeness (QED) is 0.283. The summed E-state index contributed by atoms with van der Waals surface area (Å²) in [6, 6.07) is -0.525. The van der Waals surface area contributed by atoms with E-state index in [1.807, 2.05) is 6.92 Å². The Morgan fingerprint density at radius 3 is 2.52 bits per heavy atom. The van der Waals surface area contributed by atoms with Crippen LogP contribution in [0.3, 0.4) is 0 Å². The van der Waals surface area contributed by atoms with E-state index < -0.39 is 17.9 Å². The molecular formula is C20H27F4N3. The van der Waals surface area contributed by atoms with Gasteiger partial charge in [-0.25, -0.2) is 4.39 Å². The van der Waals surface area contributed by atoms with E-state index in [2.05, 4.69) is 10.1 Å². The van der Waals surface area contributed by atoms with E-state index in [4.69, 9.17) is 0 Å². The molecule has 0 aromatic carbocycles. The van der Waals surface area contributed by atoms with Gasteiger partial charge in [-0.2, -0.15) is 18.3 Å². The first kappa shape index (κ1) is 22.9. The Morgan fingerprint density at radius 1 is 1.33 bits per heavy atom. The number of hydrogen-bond donors (Lipinski definition) is 0. The molecule has 27 heavy (non-hydrogen) atoms.